The Balaban J connectivity index is 1.72. The Morgan fingerprint density at radius 3 is 3.00 bits per heavy atom. The molecule has 1 aliphatic rings. The number of nitrogens with zero attached hydrogens (tertiary/aromatic N) is 1. The summed E-state index contributed by atoms with van der Waals surface area (Å²) >= 11 is 0. The van der Waals surface area contributed by atoms with Crippen LogP contribution in [0.25, 0.3) is 10.9 Å². The molecule has 5 nitrogen and oxygen atoms in total. The topological polar surface area (TPSA) is 63.2 Å². The van der Waals surface area contributed by atoms with Crippen molar-refractivity contribution in [2.75, 3.05) is 12.4 Å². The van der Waals surface area contributed by atoms with Crippen LogP contribution in [0.5, 0.6) is 0 Å². The van der Waals surface area contributed by atoms with Crippen LogP contribution in [0.4, 0.5) is 10.5 Å². The smallest absolute Gasteiger partial charge is 0.319 e. The zero-order chi connectivity index (χ0) is 15.5. The summed E-state index contributed by atoms with van der Waals surface area (Å²) in [5, 5.41) is 6.98. The van der Waals surface area contributed by atoms with Gasteiger partial charge in [-0.2, -0.15) is 0 Å². The number of urea groups is 1. The molecule has 1 heterocycles. The third kappa shape index (κ3) is 3.20. The van der Waals surface area contributed by atoms with Gasteiger partial charge in [0.05, 0.1) is 17.3 Å². The molecule has 2 aromatic rings. The normalized spacial score (nSPS) is 21.0. The lowest BCUT2D eigenvalue weighted by Gasteiger charge is -2.15. The number of amides is 2. The predicted molar refractivity (Wildman–Crippen MR) is 87.1 cm³/mol. The molecule has 5 heteroatoms. The molecule has 1 aromatic carbocycles. The number of hydrogen-bond donors (Lipinski definition) is 2. The fourth-order valence-corrected chi connectivity index (χ4v) is 3.07. The lowest BCUT2D eigenvalue weighted by Crippen LogP contribution is -2.36. The number of aromatic nitrogens is 1. The van der Waals surface area contributed by atoms with Crippen LogP contribution >= 0.6 is 0 Å². The van der Waals surface area contributed by atoms with Crippen molar-refractivity contribution in [3.63, 3.8) is 0 Å². The number of pyridine rings is 1. The molecule has 1 aromatic heterocycles. The van der Waals surface area contributed by atoms with Gasteiger partial charge in [0.15, 0.2) is 0 Å². The van der Waals surface area contributed by atoms with Crippen LogP contribution in [-0.2, 0) is 4.74 Å². The van der Waals surface area contributed by atoms with Gasteiger partial charge >= 0.3 is 6.03 Å². The fourth-order valence-electron chi connectivity index (χ4n) is 3.07. The Bertz CT molecular complexity index is 687. The second kappa shape index (κ2) is 6.32. The Morgan fingerprint density at radius 2 is 2.23 bits per heavy atom. The highest BCUT2D eigenvalue weighted by molar-refractivity contribution is 6.00. The van der Waals surface area contributed by atoms with E-state index in [0.717, 1.165) is 41.4 Å². The van der Waals surface area contributed by atoms with Crippen molar-refractivity contribution in [1.29, 1.82) is 0 Å². The number of aryl methyl sites for hydroxylation is 1. The number of anilines is 1. The maximum Gasteiger partial charge on any atom is 0.319 e. The van der Waals surface area contributed by atoms with Gasteiger partial charge in [-0.25, -0.2) is 4.79 Å². The molecule has 1 fully saturated rings. The van der Waals surface area contributed by atoms with Gasteiger partial charge in [-0.3, -0.25) is 4.98 Å². The SMILES string of the molecule is CO[C@@H]1CC[C@H](NC(=O)Nc2cc(C)cc3cccnc23)C1. The van der Waals surface area contributed by atoms with Crippen LogP contribution in [0.3, 0.4) is 0 Å². The molecule has 1 saturated carbocycles. The van der Waals surface area contributed by atoms with Crippen LogP contribution in [0.1, 0.15) is 24.8 Å². The molecule has 116 valence electrons. The van der Waals surface area contributed by atoms with Gasteiger partial charge < -0.3 is 15.4 Å². The molecule has 1 aliphatic carbocycles. The number of fused-ring (bicyclic) bond motifs is 1. The van der Waals surface area contributed by atoms with E-state index in [1.807, 2.05) is 25.1 Å². The number of benzene rings is 1. The molecule has 0 spiro atoms. The van der Waals surface area contributed by atoms with Gasteiger partial charge in [-0.05, 0) is 49.9 Å². The summed E-state index contributed by atoms with van der Waals surface area (Å²) in [6, 6.07) is 7.90. The standard InChI is InChI=1S/C17H21N3O2/c1-11-8-12-4-3-7-18-16(12)15(9-11)20-17(21)19-13-5-6-14(10-13)22-2/h3-4,7-9,13-14H,5-6,10H2,1-2H3,(H2,19,20,21)/t13-,14+/m0/s1. The minimum atomic E-state index is -0.181. The van der Waals surface area contributed by atoms with Gasteiger partial charge in [0.1, 0.15) is 0 Å². The minimum Gasteiger partial charge on any atom is -0.381 e. The highest BCUT2D eigenvalue weighted by Gasteiger charge is 2.25. The number of ether oxygens (including phenoxy) is 1. The second-order valence-corrected chi connectivity index (χ2v) is 5.85. The Hall–Kier alpha value is -2.14. The number of carbonyl (C=O) groups is 1. The van der Waals surface area contributed by atoms with Gasteiger partial charge in [0.25, 0.3) is 0 Å². The number of rotatable bonds is 3. The Kier molecular flexibility index (Phi) is 4.24. The average Bonchev–Trinajstić information content (AvgIpc) is 2.94. The van der Waals surface area contributed by atoms with Crippen molar-refractivity contribution in [3.8, 4) is 0 Å². The third-order valence-corrected chi connectivity index (χ3v) is 4.15. The van der Waals surface area contributed by atoms with Crippen molar-refractivity contribution in [2.45, 2.75) is 38.3 Å². The van der Waals surface area contributed by atoms with Crippen molar-refractivity contribution < 1.29 is 9.53 Å². The van der Waals surface area contributed by atoms with E-state index >= 15 is 0 Å². The van der Waals surface area contributed by atoms with Crippen LogP contribution in [-0.4, -0.2) is 30.3 Å². The van der Waals surface area contributed by atoms with Crippen LogP contribution in [0, 0.1) is 6.92 Å². The fraction of sp³-hybridized carbons (Fsp3) is 0.412. The first kappa shape index (κ1) is 14.8. The van der Waals surface area contributed by atoms with E-state index in [1.54, 1.807) is 13.3 Å². The van der Waals surface area contributed by atoms with Gasteiger partial charge in [-0.1, -0.05) is 6.07 Å². The summed E-state index contributed by atoms with van der Waals surface area (Å²) in [6.45, 7) is 2.01. The van der Waals surface area contributed by atoms with E-state index in [4.69, 9.17) is 4.74 Å². The monoisotopic (exact) mass is 299 g/mol. The van der Waals surface area contributed by atoms with Crippen molar-refractivity contribution in [1.82, 2.24) is 10.3 Å². The molecule has 2 N–H and O–H groups in total. The molecular formula is C17H21N3O2. The van der Waals surface area contributed by atoms with Crippen molar-refractivity contribution >= 4 is 22.6 Å². The molecule has 0 bridgehead atoms. The molecule has 0 radical (unpaired) electrons. The number of hydrogen-bond acceptors (Lipinski definition) is 3. The molecule has 0 unspecified atom stereocenters. The molecule has 2 atom stereocenters. The lowest BCUT2D eigenvalue weighted by molar-refractivity contribution is 0.107. The summed E-state index contributed by atoms with van der Waals surface area (Å²) in [7, 11) is 1.72. The molecule has 0 aliphatic heterocycles. The number of nitrogens with one attached hydrogen (secondary N) is 2. The van der Waals surface area contributed by atoms with Crippen LogP contribution in [0.15, 0.2) is 30.5 Å². The van der Waals surface area contributed by atoms with Gasteiger partial charge in [0, 0.05) is 24.7 Å². The van der Waals surface area contributed by atoms with Gasteiger partial charge in [0.2, 0.25) is 0 Å². The zero-order valence-corrected chi connectivity index (χ0v) is 12.9. The van der Waals surface area contributed by atoms with E-state index in [1.165, 1.54) is 0 Å². The van der Waals surface area contributed by atoms with Crippen LogP contribution < -0.4 is 10.6 Å². The summed E-state index contributed by atoms with van der Waals surface area (Å²) in [6.07, 6.45) is 4.82. The lowest BCUT2D eigenvalue weighted by atomic mass is 10.1. The van der Waals surface area contributed by atoms with Crippen molar-refractivity contribution in [2.24, 2.45) is 0 Å². The van der Waals surface area contributed by atoms with E-state index in [-0.39, 0.29) is 18.2 Å². The first-order valence-electron chi connectivity index (χ1n) is 7.61. The third-order valence-electron chi connectivity index (χ3n) is 4.15. The molecule has 0 saturated heterocycles. The minimum absolute atomic E-state index is 0.175. The average molecular weight is 299 g/mol. The molecular weight excluding hydrogens is 278 g/mol. The largest absolute Gasteiger partial charge is 0.381 e. The molecule has 22 heavy (non-hydrogen) atoms. The summed E-state index contributed by atoms with van der Waals surface area (Å²) in [4.78, 5) is 16.6. The van der Waals surface area contributed by atoms with E-state index in [2.05, 4.69) is 21.7 Å². The highest BCUT2D eigenvalue weighted by atomic mass is 16.5. The second-order valence-electron chi connectivity index (χ2n) is 5.85. The first-order chi connectivity index (χ1) is 10.7. The maximum absolute atomic E-state index is 12.2. The number of methoxy groups -OCH3 is 1. The van der Waals surface area contributed by atoms with E-state index in [0.29, 0.717) is 0 Å². The Labute approximate surface area is 130 Å². The summed E-state index contributed by atoms with van der Waals surface area (Å²) in [5.74, 6) is 0. The maximum atomic E-state index is 12.2. The first-order valence-corrected chi connectivity index (χ1v) is 7.61. The molecule has 3 rings (SSSR count). The number of carbonyl (C=O) groups excluding carboxylic acids is 1. The van der Waals surface area contributed by atoms with E-state index in [9.17, 15) is 4.79 Å². The zero-order valence-electron chi connectivity index (χ0n) is 12.9. The quantitative estimate of drug-likeness (QED) is 0.914. The summed E-state index contributed by atoms with van der Waals surface area (Å²) < 4.78 is 5.33. The van der Waals surface area contributed by atoms with Crippen LogP contribution in [0.2, 0.25) is 0 Å². The van der Waals surface area contributed by atoms with Gasteiger partial charge in [-0.15, -0.1) is 0 Å². The predicted octanol–water partition coefficient (Wildman–Crippen LogP) is 3.23. The van der Waals surface area contributed by atoms with Crippen molar-refractivity contribution in [3.05, 3.63) is 36.0 Å². The highest BCUT2D eigenvalue weighted by Crippen LogP contribution is 2.24. The van der Waals surface area contributed by atoms with E-state index < -0.39 is 0 Å². The molecule has 2 amide bonds. The Morgan fingerprint density at radius 1 is 1.36 bits per heavy atom. The summed E-state index contributed by atoms with van der Waals surface area (Å²) in [5.41, 5.74) is 2.65.